The lowest BCUT2D eigenvalue weighted by molar-refractivity contribution is 1.29. The number of rotatable bonds is 3. The van der Waals surface area contributed by atoms with Gasteiger partial charge in [-0.3, -0.25) is 10.8 Å². The molecule has 6 heteroatoms. The van der Waals surface area contributed by atoms with E-state index in [-0.39, 0.29) is 11.5 Å². The molecule has 1 aromatic carbocycles. The Hall–Kier alpha value is -1.87. The first-order valence-corrected chi connectivity index (χ1v) is 5.18. The van der Waals surface area contributed by atoms with E-state index < -0.39 is 0 Å². The van der Waals surface area contributed by atoms with Crippen LogP contribution in [0.1, 0.15) is 5.56 Å². The lowest BCUT2D eigenvalue weighted by atomic mass is 10.2. The summed E-state index contributed by atoms with van der Waals surface area (Å²) in [6.07, 6.45) is 0. The number of nitrogens with zero attached hydrogens (tertiary/aromatic N) is 2. The van der Waals surface area contributed by atoms with Crippen LogP contribution >= 0.6 is 15.9 Å². The van der Waals surface area contributed by atoms with E-state index in [1.54, 1.807) is 6.07 Å². The molecule has 0 amide bonds. The zero-order chi connectivity index (χ0) is 12.1. The predicted molar refractivity (Wildman–Crippen MR) is 67.5 cm³/mol. The second kappa shape index (κ2) is 5.28. The first-order valence-electron chi connectivity index (χ1n) is 4.39. The number of halogens is 1. The van der Waals surface area contributed by atoms with Crippen molar-refractivity contribution in [3.63, 3.8) is 0 Å². The van der Waals surface area contributed by atoms with E-state index in [1.165, 1.54) is 0 Å². The van der Waals surface area contributed by atoms with Crippen LogP contribution in [0.4, 0.5) is 5.69 Å². The van der Waals surface area contributed by atoms with E-state index in [1.807, 2.05) is 25.1 Å². The molecule has 16 heavy (non-hydrogen) atoms. The minimum absolute atomic E-state index is 0.139. The number of aryl methyl sites for hydroxylation is 1. The fourth-order valence-corrected chi connectivity index (χ4v) is 1.34. The van der Waals surface area contributed by atoms with Gasteiger partial charge in [0.05, 0.1) is 5.69 Å². The number of amidine groups is 1. The molecule has 1 rings (SSSR count). The van der Waals surface area contributed by atoms with Crippen molar-refractivity contribution < 1.29 is 0 Å². The molecule has 0 bridgehead atoms. The highest BCUT2D eigenvalue weighted by atomic mass is 79.9. The van der Waals surface area contributed by atoms with Crippen molar-refractivity contribution in [3.05, 3.63) is 28.2 Å². The van der Waals surface area contributed by atoms with Gasteiger partial charge in [0.2, 0.25) is 5.71 Å². The Balaban J connectivity index is 2.94. The number of anilines is 1. The largest absolute Gasteiger partial charge is 0.382 e. The minimum atomic E-state index is -0.359. The summed E-state index contributed by atoms with van der Waals surface area (Å²) < 4.78 is 0.900. The maximum Gasteiger partial charge on any atom is 0.201 e. The summed E-state index contributed by atoms with van der Waals surface area (Å²) in [4.78, 5) is 0. The summed E-state index contributed by atoms with van der Waals surface area (Å²) in [6, 6.07) is 7.37. The van der Waals surface area contributed by atoms with E-state index in [9.17, 15) is 0 Å². The van der Waals surface area contributed by atoms with Crippen LogP contribution in [-0.4, -0.2) is 11.5 Å². The number of hydrazone groups is 1. The second-order valence-corrected chi connectivity index (χ2v) is 3.97. The lowest BCUT2D eigenvalue weighted by Crippen LogP contribution is -2.21. The number of nitriles is 1. The fourth-order valence-electron chi connectivity index (χ4n) is 0.976. The molecule has 0 unspecified atom stereocenters. The standard InChI is InChI=1S/C10H10BrN5/c1-6-2-3-7(11)4-8(6)15-16-9(5-12)10(13)14/h2-4,15H,1H3,(H3,13,14)/b16-9+. The molecular formula is C10H10BrN5. The molecule has 0 radical (unpaired) electrons. The highest BCUT2D eigenvalue weighted by Crippen LogP contribution is 2.20. The van der Waals surface area contributed by atoms with Crippen molar-refractivity contribution >= 4 is 33.2 Å². The summed E-state index contributed by atoms with van der Waals surface area (Å²) in [6.45, 7) is 1.91. The van der Waals surface area contributed by atoms with Gasteiger partial charge in [0.1, 0.15) is 6.07 Å². The van der Waals surface area contributed by atoms with Crippen molar-refractivity contribution in [2.24, 2.45) is 10.8 Å². The number of hydrogen-bond donors (Lipinski definition) is 3. The van der Waals surface area contributed by atoms with Gasteiger partial charge in [0.25, 0.3) is 0 Å². The monoisotopic (exact) mass is 279 g/mol. The highest BCUT2D eigenvalue weighted by molar-refractivity contribution is 9.10. The Bertz CT molecular complexity index is 486. The molecule has 0 aliphatic heterocycles. The molecule has 0 aromatic heterocycles. The summed E-state index contributed by atoms with van der Waals surface area (Å²) >= 11 is 3.33. The predicted octanol–water partition coefficient (Wildman–Crippen LogP) is 1.98. The van der Waals surface area contributed by atoms with Crippen molar-refractivity contribution in [3.8, 4) is 6.07 Å². The molecule has 0 aliphatic rings. The normalized spacial score (nSPS) is 10.7. The lowest BCUT2D eigenvalue weighted by Gasteiger charge is -2.05. The Kier molecular flexibility index (Phi) is 4.03. The van der Waals surface area contributed by atoms with Crippen molar-refractivity contribution in [2.45, 2.75) is 6.92 Å². The SMILES string of the molecule is Cc1ccc(Br)cc1N/N=C(\C#N)C(=N)N. The van der Waals surface area contributed by atoms with Crippen molar-refractivity contribution in [1.29, 1.82) is 10.7 Å². The van der Waals surface area contributed by atoms with E-state index in [2.05, 4.69) is 26.5 Å². The molecule has 0 aliphatic carbocycles. The van der Waals surface area contributed by atoms with Crippen LogP contribution in [0, 0.1) is 23.7 Å². The number of benzene rings is 1. The molecule has 0 fully saturated rings. The minimum Gasteiger partial charge on any atom is -0.382 e. The van der Waals surface area contributed by atoms with Gasteiger partial charge in [-0.1, -0.05) is 22.0 Å². The molecule has 0 saturated heterocycles. The van der Waals surface area contributed by atoms with Crippen LogP contribution in [-0.2, 0) is 0 Å². The summed E-state index contributed by atoms with van der Waals surface area (Å²) in [5.41, 5.74) is 9.45. The molecule has 4 N–H and O–H groups in total. The Morgan fingerprint density at radius 2 is 2.31 bits per heavy atom. The molecule has 82 valence electrons. The highest BCUT2D eigenvalue weighted by Gasteiger charge is 2.02. The van der Waals surface area contributed by atoms with Gasteiger partial charge in [-0.2, -0.15) is 10.4 Å². The zero-order valence-electron chi connectivity index (χ0n) is 8.58. The van der Waals surface area contributed by atoms with Gasteiger partial charge >= 0.3 is 0 Å². The van der Waals surface area contributed by atoms with Crippen molar-refractivity contribution in [2.75, 3.05) is 5.43 Å². The van der Waals surface area contributed by atoms with E-state index >= 15 is 0 Å². The Labute approximate surface area is 102 Å². The third-order valence-corrected chi connectivity index (χ3v) is 2.34. The van der Waals surface area contributed by atoms with Gasteiger partial charge in [0.15, 0.2) is 5.84 Å². The van der Waals surface area contributed by atoms with Crippen LogP contribution in [0.25, 0.3) is 0 Å². The first kappa shape index (κ1) is 12.2. The van der Waals surface area contributed by atoms with Gasteiger partial charge in [-0.05, 0) is 24.6 Å². The number of nitrogens with one attached hydrogen (secondary N) is 2. The second-order valence-electron chi connectivity index (χ2n) is 3.06. The molecule has 0 heterocycles. The summed E-state index contributed by atoms with van der Waals surface area (Å²) in [5, 5.41) is 19.5. The molecule has 5 nitrogen and oxygen atoms in total. The Morgan fingerprint density at radius 3 is 2.88 bits per heavy atom. The fraction of sp³-hybridized carbons (Fsp3) is 0.100. The quantitative estimate of drug-likeness (QED) is 0.448. The van der Waals surface area contributed by atoms with Crippen molar-refractivity contribution in [1.82, 2.24) is 0 Å². The molecule has 0 spiro atoms. The summed E-state index contributed by atoms with van der Waals surface area (Å²) in [5.74, 6) is -0.359. The third kappa shape index (κ3) is 3.07. The van der Waals surface area contributed by atoms with Gasteiger partial charge < -0.3 is 5.73 Å². The van der Waals surface area contributed by atoms with Crippen LogP contribution in [0.5, 0.6) is 0 Å². The van der Waals surface area contributed by atoms with E-state index in [0.29, 0.717) is 0 Å². The van der Waals surface area contributed by atoms with Gasteiger partial charge in [-0.25, -0.2) is 0 Å². The molecule has 1 aromatic rings. The topological polar surface area (TPSA) is 98.0 Å². The zero-order valence-corrected chi connectivity index (χ0v) is 10.2. The number of hydrogen-bond acceptors (Lipinski definition) is 4. The molecule has 0 atom stereocenters. The number of nitrogens with two attached hydrogens (primary N) is 1. The van der Waals surface area contributed by atoms with Crippen LogP contribution in [0.15, 0.2) is 27.8 Å². The van der Waals surface area contributed by atoms with E-state index in [0.717, 1.165) is 15.7 Å². The van der Waals surface area contributed by atoms with Gasteiger partial charge in [0, 0.05) is 4.47 Å². The van der Waals surface area contributed by atoms with Gasteiger partial charge in [-0.15, -0.1) is 0 Å². The maximum absolute atomic E-state index is 8.65. The van der Waals surface area contributed by atoms with E-state index in [4.69, 9.17) is 16.4 Å². The average Bonchev–Trinajstić information content (AvgIpc) is 2.23. The molecular weight excluding hydrogens is 270 g/mol. The smallest absolute Gasteiger partial charge is 0.201 e. The maximum atomic E-state index is 8.65. The average molecular weight is 280 g/mol. The van der Waals surface area contributed by atoms with Crippen LogP contribution in [0.3, 0.4) is 0 Å². The van der Waals surface area contributed by atoms with Crippen LogP contribution < -0.4 is 11.2 Å². The van der Waals surface area contributed by atoms with Crippen LogP contribution in [0.2, 0.25) is 0 Å². The Morgan fingerprint density at radius 1 is 1.62 bits per heavy atom. The molecule has 0 saturated carbocycles. The third-order valence-electron chi connectivity index (χ3n) is 1.85. The summed E-state index contributed by atoms with van der Waals surface area (Å²) in [7, 11) is 0. The first-order chi connectivity index (χ1) is 7.54.